The van der Waals surface area contributed by atoms with Gasteiger partial charge < -0.3 is 0 Å². The van der Waals surface area contributed by atoms with E-state index in [1.807, 2.05) is 31.2 Å². The zero-order chi connectivity index (χ0) is 15.7. The molecule has 0 saturated heterocycles. The van der Waals surface area contributed by atoms with Crippen LogP contribution in [0.5, 0.6) is 0 Å². The largest absolute Gasteiger partial charge is 0.294 e. The van der Waals surface area contributed by atoms with E-state index in [0.717, 1.165) is 16.5 Å². The monoisotopic (exact) mass is 314 g/mol. The summed E-state index contributed by atoms with van der Waals surface area (Å²) in [7, 11) is -4.27. The normalized spacial score (nSPS) is 11.7. The van der Waals surface area contributed by atoms with E-state index in [4.69, 9.17) is 0 Å². The molecule has 0 amide bonds. The summed E-state index contributed by atoms with van der Waals surface area (Å²) in [4.78, 5) is 8.60. The molecule has 0 fully saturated rings. The van der Waals surface area contributed by atoms with Crippen molar-refractivity contribution in [2.45, 2.75) is 18.2 Å². The molecule has 6 heteroatoms. The van der Waals surface area contributed by atoms with Crippen LogP contribution in [0.2, 0.25) is 0 Å². The van der Waals surface area contributed by atoms with Crippen LogP contribution < -0.4 is 0 Å². The Hall–Kier alpha value is -2.31. The van der Waals surface area contributed by atoms with Crippen LogP contribution in [0.25, 0.3) is 10.9 Å². The molecule has 0 atom stereocenters. The van der Waals surface area contributed by atoms with Crippen LogP contribution in [0.1, 0.15) is 17.0 Å². The highest BCUT2D eigenvalue weighted by Gasteiger charge is 2.16. The molecule has 22 heavy (non-hydrogen) atoms. The maximum Gasteiger partial charge on any atom is 0.294 e. The highest BCUT2D eigenvalue weighted by Crippen LogP contribution is 2.20. The fourth-order valence-corrected chi connectivity index (χ4v) is 3.07. The van der Waals surface area contributed by atoms with Crippen molar-refractivity contribution < 1.29 is 13.0 Å². The molecule has 112 valence electrons. The molecule has 0 aliphatic heterocycles. The van der Waals surface area contributed by atoms with Gasteiger partial charge in [0, 0.05) is 18.0 Å². The predicted octanol–water partition coefficient (Wildman–Crippen LogP) is 2.78. The average Bonchev–Trinajstić information content (AvgIpc) is 2.46. The topological polar surface area (TPSA) is 80.2 Å². The molecule has 1 aromatic heterocycles. The Morgan fingerprint density at radius 3 is 2.68 bits per heavy atom. The Kier molecular flexibility index (Phi) is 3.64. The molecule has 0 aliphatic carbocycles. The molecule has 5 nitrogen and oxygen atoms in total. The smallest absolute Gasteiger partial charge is 0.282 e. The summed E-state index contributed by atoms with van der Waals surface area (Å²) in [6.07, 6.45) is 1.95. The number of aromatic nitrogens is 2. The number of nitrogens with zero attached hydrogens (tertiary/aromatic N) is 2. The summed E-state index contributed by atoms with van der Waals surface area (Å²) in [6.45, 7) is 1.86. The number of fused-ring (bicyclic) bond motifs is 1. The minimum Gasteiger partial charge on any atom is -0.282 e. The van der Waals surface area contributed by atoms with Gasteiger partial charge in [-0.1, -0.05) is 35.9 Å². The van der Waals surface area contributed by atoms with Crippen LogP contribution >= 0.6 is 0 Å². The zero-order valence-electron chi connectivity index (χ0n) is 11.9. The molecule has 3 rings (SSSR count). The van der Waals surface area contributed by atoms with Gasteiger partial charge >= 0.3 is 0 Å². The van der Waals surface area contributed by atoms with Crippen LogP contribution in [0.4, 0.5) is 0 Å². The van der Waals surface area contributed by atoms with E-state index in [1.165, 1.54) is 6.07 Å². The minimum atomic E-state index is -4.27. The Morgan fingerprint density at radius 2 is 1.91 bits per heavy atom. The molecule has 2 aromatic carbocycles. The van der Waals surface area contributed by atoms with E-state index < -0.39 is 10.1 Å². The van der Waals surface area contributed by atoms with Crippen molar-refractivity contribution in [3.63, 3.8) is 0 Å². The second kappa shape index (κ2) is 5.47. The minimum absolute atomic E-state index is 0.102. The summed E-state index contributed by atoms with van der Waals surface area (Å²) in [5.74, 6) is 0.509. The molecular formula is C16H14N2O3S. The summed E-state index contributed by atoms with van der Waals surface area (Å²) in [5.41, 5.74) is 2.19. The van der Waals surface area contributed by atoms with Crippen molar-refractivity contribution in [3.05, 3.63) is 65.6 Å². The summed E-state index contributed by atoms with van der Waals surface area (Å²) < 4.78 is 32.3. The third-order valence-corrected chi connectivity index (χ3v) is 4.34. The van der Waals surface area contributed by atoms with Crippen LogP contribution in [-0.2, 0) is 16.5 Å². The standard InChI is InChI=1S/C16H14N2O3S/c1-11-6-7-15(22(19,20)21)13(8-11)9-16-17-10-12-4-2-3-5-14(12)18-16/h2-8,10H,9H2,1H3,(H,19,20,21). The first-order valence-corrected chi connectivity index (χ1v) is 8.15. The zero-order valence-corrected chi connectivity index (χ0v) is 12.7. The Balaban J connectivity index is 2.06. The van der Waals surface area contributed by atoms with Gasteiger partial charge in [0.25, 0.3) is 10.1 Å². The number of hydrogen-bond acceptors (Lipinski definition) is 4. The highest BCUT2D eigenvalue weighted by molar-refractivity contribution is 7.85. The SMILES string of the molecule is Cc1ccc(S(=O)(=O)O)c(Cc2ncc3ccccc3n2)c1. The van der Waals surface area contributed by atoms with Crippen LogP contribution in [0, 0.1) is 6.92 Å². The first kappa shape index (κ1) is 14.6. The van der Waals surface area contributed by atoms with Gasteiger partial charge in [-0.15, -0.1) is 0 Å². The van der Waals surface area contributed by atoms with Gasteiger partial charge in [-0.25, -0.2) is 9.97 Å². The second-order valence-corrected chi connectivity index (χ2v) is 6.50. The number of para-hydroxylation sites is 1. The first-order valence-electron chi connectivity index (χ1n) is 6.71. The molecule has 0 unspecified atom stereocenters. The van der Waals surface area contributed by atoms with Crippen LogP contribution in [0.3, 0.4) is 0 Å². The average molecular weight is 314 g/mol. The molecule has 1 heterocycles. The molecule has 0 bridgehead atoms. The fourth-order valence-electron chi connectivity index (χ4n) is 2.36. The van der Waals surface area contributed by atoms with Gasteiger partial charge in [-0.05, 0) is 24.6 Å². The van der Waals surface area contributed by atoms with Crippen molar-refractivity contribution in [3.8, 4) is 0 Å². The van der Waals surface area contributed by atoms with Crippen LogP contribution in [-0.4, -0.2) is 22.9 Å². The van der Waals surface area contributed by atoms with Crippen molar-refractivity contribution >= 4 is 21.0 Å². The lowest BCUT2D eigenvalue weighted by atomic mass is 10.1. The molecule has 0 aliphatic rings. The van der Waals surface area contributed by atoms with E-state index in [1.54, 1.807) is 18.3 Å². The molecule has 3 aromatic rings. The second-order valence-electron chi connectivity index (χ2n) is 5.11. The summed E-state index contributed by atoms with van der Waals surface area (Å²) in [5, 5.41) is 0.922. The van der Waals surface area contributed by atoms with Gasteiger partial charge in [-0.3, -0.25) is 4.55 Å². The van der Waals surface area contributed by atoms with E-state index in [2.05, 4.69) is 9.97 Å². The molecule has 1 N–H and O–H groups in total. The number of benzene rings is 2. The van der Waals surface area contributed by atoms with Gasteiger partial charge in [0.05, 0.1) is 10.4 Å². The maximum absolute atomic E-state index is 11.5. The third kappa shape index (κ3) is 2.98. The van der Waals surface area contributed by atoms with Crippen molar-refractivity contribution in [1.29, 1.82) is 0 Å². The van der Waals surface area contributed by atoms with Crippen molar-refractivity contribution in [2.75, 3.05) is 0 Å². The fraction of sp³-hybridized carbons (Fsp3) is 0.125. The van der Waals surface area contributed by atoms with E-state index in [0.29, 0.717) is 11.4 Å². The van der Waals surface area contributed by atoms with E-state index in [9.17, 15) is 13.0 Å². The van der Waals surface area contributed by atoms with E-state index >= 15 is 0 Å². The van der Waals surface area contributed by atoms with Crippen molar-refractivity contribution in [2.24, 2.45) is 0 Å². The molecule has 0 radical (unpaired) electrons. The lowest BCUT2D eigenvalue weighted by Crippen LogP contribution is -2.06. The van der Waals surface area contributed by atoms with Gasteiger partial charge in [0.15, 0.2) is 0 Å². The Morgan fingerprint density at radius 1 is 1.14 bits per heavy atom. The van der Waals surface area contributed by atoms with Crippen molar-refractivity contribution in [1.82, 2.24) is 9.97 Å². The highest BCUT2D eigenvalue weighted by atomic mass is 32.2. The molecule has 0 saturated carbocycles. The first-order chi connectivity index (χ1) is 10.4. The Bertz CT molecular complexity index is 953. The summed E-state index contributed by atoms with van der Waals surface area (Å²) in [6, 6.07) is 12.4. The van der Waals surface area contributed by atoms with Crippen LogP contribution in [0.15, 0.2) is 53.6 Å². The van der Waals surface area contributed by atoms with Gasteiger partial charge in [0.2, 0.25) is 0 Å². The van der Waals surface area contributed by atoms with Gasteiger partial charge in [0.1, 0.15) is 5.82 Å². The summed E-state index contributed by atoms with van der Waals surface area (Å²) >= 11 is 0. The predicted molar refractivity (Wildman–Crippen MR) is 83.3 cm³/mol. The lowest BCUT2D eigenvalue weighted by molar-refractivity contribution is 0.482. The van der Waals surface area contributed by atoms with E-state index in [-0.39, 0.29) is 11.3 Å². The number of aryl methyl sites for hydroxylation is 1. The quantitative estimate of drug-likeness (QED) is 0.752. The number of rotatable bonds is 3. The lowest BCUT2D eigenvalue weighted by Gasteiger charge is -2.08. The third-order valence-electron chi connectivity index (χ3n) is 3.38. The Labute approximate surface area is 128 Å². The molecule has 0 spiro atoms. The molecular weight excluding hydrogens is 300 g/mol. The number of hydrogen-bond donors (Lipinski definition) is 1. The van der Waals surface area contributed by atoms with Gasteiger partial charge in [-0.2, -0.15) is 8.42 Å². The maximum atomic E-state index is 11.5.